The Morgan fingerprint density at radius 2 is 2.05 bits per heavy atom. The van der Waals surface area contributed by atoms with Gasteiger partial charge in [0.05, 0.1) is 19.3 Å². The Morgan fingerprint density at radius 3 is 2.65 bits per heavy atom. The number of anilines is 1. The number of amides is 1. The molecule has 7 heteroatoms. The van der Waals surface area contributed by atoms with E-state index in [1.807, 2.05) is 0 Å². The van der Waals surface area contributed by atoms with E-state index in [4.69, 9.17) is 5.73 Å². The zero-order valence-electron chi connectivity index (χ0n) is 11.2. The van der Waals surface area contributed by atoms with Crippen LogP contribution in [0.5, 0.6) is 0 Å². The number of methoxy groups -OCH3 is 1. The summed E-state index contributed by atoms with van der Waals surface area (Å²) >= 11 is 0. The molecule has 1 aromatic rings. The van der Waals surface area contributed by atoms with Crippen molar-refractivity contribution in [1.29, 1.82) is 0 Å². The summed E-state index contributed by atoms with van der Waals surface area (Å²) in [7, 11) is 1.25. The SMILES string of the molecule is CCOC(=O)C(N)C(=O)Nc1cccc(C(=O)OC)c1. The molecule has 1 atom stereocenters. The van der Waals surface area contributed by atoms with Gasteiger partial charge in [-0.2, -0.15) is 0 Å². The van der Waals surface area contributed by atoms with Crippen LogP contribution < -0.4 is 11.1 Å². The molecule has 0 saturated carbocycles. The number of esters is 2. The lowest BCUT2D eigenvalue weighted by Crippen LogP contribution is -2.43. The van der Waals surface area contributed by atoms with Crippen molar-refractivity contribution in [3.8, 4) is 0 Å². The molecule has 0 saturated heterocycles. The fourth-order valence-electron chi connectivity index (χ4n) is 1.40. The third-order valence-electron chi connectivity index (χ3n) is 2.37. The number of benzene rings is 1. The maximum atomic E-state index is 11.7. The summed E-state index contributed by atoms with van der Waals surface area (Å²) in [4.78, 5) is 34.4. The molecule has 0 bridgehead atoms. The molecule has 0 spiro atoms. The van der Waals surface area contributed by atoms with E-state index >= 15 is 0 Å². The van der Waals surface area contributed by atoms with Crippen molar-refractivity contribution in [3.05, 3.63) is 29.8 Å². The molecular weight excluding hydrogens is 264 g/mol. The summed E-state index contributed by atoms with van der Waals surface area (Å²) in [6.45, 7) is 1.75. The second-order valence-electron chi connectivity index (χ2n) is 3.79. The topological polar surface area (TPSA) is 108 Å². The third-order valence-corrected chi connectivity index (χ3v) is 2.37. The van der Waals surface area contributed by atoms with Gasteiger partial charge < -0.3 is 20.5 Å². The van der Waals surface area contributed by atoms with Crippen LogP contribution in [0.1, 0.15) is 17.3 Å². The highest BCUT2D eigenvalue weighted by atomic mass is 16.5. The van der Waals surface area contributed by atoms with Crippen molar-refractivity contribution in [2.45, 2.75) is 13.0 Å². The Balaban J connectivity index is 2.75. The number of nitrogens with one attached hydrogen (secondary N) is 1. The maximum absolute atomic E-state index is 11.7. The van der Waals surface area contributed by atoms with E-state index in [1.165, 1.54) is 19.2 Å². The predicted molar refractivity (Wildman–Crippen MR) is 71.0 cm³/mol. The molecule has 0 aromatic heterocycles. The van der Waals surface area contributed by atoms with Crippen molar-refractivity contribution in [2.24, 2.45) is 5.73 Å². The van der Waals surface area contributed by atoms with Crippen LogP contribution >= 0.6 is 0 Å². The van der Waals surface area contributed by atoms with Crippen molar-refractivity contribution in [3.63, 3.8) is 0 Å². The first-order valence-electron chi connectivity index (χ1n) is 5.91. The van der Waals surface area contributed by atoms with Crippen LogP contribution in [0, 0.1) is 0 Å². The molecule has 7 nitrogen and oxygen atoms in total. The van der Waals surface area contributed by atoms with Crippen LogP contribution in [0.25, 0.3) is 0 Å². The van der Waals surface area contributed by atoms with Gasteiger partial charge in [0.1, 0.15) is 0 Å². The molecule has 1 aromatic carbocycles. The van der Waals surface area contributed by atoms with Gasteiger partial charge in [-0.15, -0.1) is 0 Å². The summed E-state index contributed by atoms with van der Waals surface area (Å²) in [5, 5.41) is 2.43. The Kier molecular flexibility index (Phi) is 5.67. The minimum Gasteiger partial charge on any atom is -0.465 e. The lowest BCUT2D eigenvalue weighted by molar-refractivity contribution is -0.146. The van der Waals surface area contributed by atoms with Crippen LogP contribution in [0.3, 0.4) is 0 Å². The Morgan fingerprint density at radius 1 is 1.35 bits per heavy atom. The molecule has 3 N–H and O–H groups in total. The molecule has 1 unspecified atom stereocenters. The van der Waals surface area contributed by atoms with Crippen LogP contribution in [-0.2, 0) is 19.1 Å². The first-order chi connectivity index (χ1) is 9.49. The summed E-state index contributed by atoms with van der Waals surface area (Å²) < 4.78 is 9.21. The van der Waals surface area contributed by atoms with E-state index in [-0.39, 0.29) is 12.2 Å². The van der Waals surface area contributed by atoms with Crippen LogP contribution in [0.15, 0.2) is 24.3 Å². The number of carbonyl (C=O) groups is 3. The first-order valence-corrected chi connectivity index (χ1v) is 5.91. The maximum Gasteiger partial charge on any atom is 0.337 e. The average Bonchev–Trinajstić information content (AvgIpc) is 2.46. The Labute approximate surface area is 116 Å². The normalized spacial score (nSPS) is 11.3. The highest BCUT2D eigenvalue weighted by molar-refractivity contribution is 6.08. The zero-order chi connectivity index (χ0) is 15.1. The van der Waals surface area contributed by atoms with Crippen LogP contribution in [-0.4, -0.2) is 37.6 Å². The van der Waals surface area contributed by atoms with Crippen molar-refractivity contribution in [1.82, 2.24) is 0 Å². The lowest BCUT2D eigenvalue weighted by Gasteiger charge is -2.11. The van der Waals surface area contributed by atoms with Gasteiger partial charge in [0.15, 0.2) is 6.04 Å². The minimum atomic E-state index is -1.42. The standard InChI is InChI=1S/C13H16N2O5/c1-3-20-13(18)10(14)11(16)15-9-6-4-5-8(7-9)12(17)19-2/h4-7,10H,3,14H2,1-2H3,(H,15,16). The molecule has 0 fully saturated rings. The van der Waals surface area contributed by atoms with Gasteiger partial charge in [-0.25, -0.2) is 9.59 Å². The zero-order valence-corrected chi connectivity index (χ0v) is 11.2. The fraction of sp³-hybridized carbons (Fsp3) is 0.308. The molecule has 108 valence electrons. The molecule has 20 heavy (non-hydrogen) atoms. The molecule has 1 amide bonds. The van der Waals surface area contributed by atoms with E-state index in [2.05, 4.69) is 14.8 Å². The Hall–Kier alpha value is -2.41. The predicted octanol–water partition coefficient (Wildman–Crippen LogP) is 0.302. The van der Waals surface area contributed by atoms with E-state index < -0.39 is 23.9 Å². The molecule has 1 rings (SSSR count). The van der Waals surface area contributed by atoms with Crippen LogP contribution in [0.4, 0.5) is 5.69 Å². The second kappa shape index (κ2) is 7.25. The van der Waals surface area contributed by atoms with E-state index in [0.29, 0.717) is 5.69 Å². The van der Waals surface area contributed by atoms with Crippen LogP contribution in [0.2, 0.25) is 0 Å². The van der Waals surface area contributed by atoms with Gasteiger partial charge in [0, 0.05) is 5.69 Å². The summed E-state index contributed by atoms with van der Waals surface area (Å²) in [6, 6.07) is 4.66. The van der Waals surface area contributed by atoms with Crippen molar-refractivity contribution >= 4 is 23.5 Å². The van der Waals surface area contributed by atoms with Gasteiger partial charge in [-0.05, 0) is 25.1 Å². The number of hydrogen-bond donors (Lipinski definition) is 2. The smallest absolute Gasteiger partial charge is 0.337 e. The average molecular weight is 280 g/mol. The Bertz CT molecular complexity index is 515. The highest BCUT2D eigenvalue weighted by Gasteiger charge is 2.23. The first kappa shape index (κ1) is 15.6. The van der Waals surface area contributed by atoms with Gasteiger partial charge in [-0.3, -0.25) is 4.79 Å². The van der Waals surface area contributed by atoms with Crippen molar-refractivity contribution < 1.29 is 23.9 Å². The van der Waals surface area contributed by atoms with E-state index in [0.717, 1.165) is 0 Å². The molecule has 0 aliphatic heterocycles. The molecule has 0 heterocycles. The van der Waals surface area contributed by atoms with Gasteiger partial charge in [0.25, 0.3) is 5.91 Å². The summed E-state index contributed by atoms with van der Waals surface area (Å²) in [5.74, 6) is -2.06. The number of rotatable bonds is 5. The van der Waals surface area contributed by atoms with E-state index in [1.54, 1.807) is 19.1 Å². The van der Waals surface area contributed by atoms with E-state index in [9.17, 15) is 14.4 Å². The molecule has 0 radical (unpaired) electrons. The number of nitrogens with two attached hydrogens (primary N) is 1. The second-order valence-corrected chi connectivity index (χ2v) is 3.79. The lowest BCUT2D eigenvalue weighted by atomic mass is 10.2. The van der Waals surface area contributed by atoms with Crippen molar-refractivity contribution in [2.75, 3.05) is 19.0 Å². The number of hydrogen-bond acceptors (Lipinski definition) is 6. The molecular formula is C13H16N2O5. The van der Waals surface area contributed by atoms with Gasteiger partial charge >= 0.3 is 11.9 Å². The number of ether oxygens (including phenoxy) is 2. The monoisotopic (exact) mass is 280 g/mol. The number of carbonyl (C=O) groups excluding carboxylic acids is 3. The molecule has 0 aliphatic rings. The van der Waals surface area contributed by atoms with Gasteiger partial charge in [-0.1, -0.05) is 6.07 Å². The largest absolute Gasteiger partial charge is 0.465 e. The summed E-state index contributed by atoms with van der Waals surface area (Å²) in [5.41, 5.74) is 6.04. The fourth-order valence-corrected chi connectivity index (χ4v) is 1.40. The quantitative estimate of drug-likeness (QED) is 0.593. The summed E-state index contributed by atoms with van der Waals surface area (Å²) in [6.07, 6.45) is 0. The highest BCUT2D eigenvalue weighted by Crippen LogP contribution is 2.11. The third kappa shape index (κ3) is 4.06. The minimum absolute atomic E-state index is 0.137. The molecule has 0 aliphatic carbocycles. The van der Waals surface area contributed by atoms with Gasteiger partial charge in [0.2, 0.25) is 0 Å².